The highest BCUT2D eigenvalue weighted by atomic mass is 16.6. The molecule has 1 N–H and O–H groups in total. The second-order valence-corrected chi connectivity index (χ2v) is 7.50. The van der Waals surface area contributed by atoms with Crippen molar-refractivity contribution in [2.75, 3.05) is 33.4 Å². The van der Waals surface area contributed by atoms with Gasteiger partial charge in [-0.3, -0.25) is 0 Å². The Kier molecular flexibility index (Phi) is 7.28. The molecule has 0 unspecified atom stereocenters. The lowest BCUT2D eigenvalue weighted by Gasteiger charge is -2.18. The van der Waals surface area contributed by atoms with Crippen LogP contribution in [0, 0.1) is 0 Å². The minimum atomic E-state index is 0.496. The molecule has 2 aliphatic rings. The van der Waals surface area contributed by atoms with Gasteiger partial charge in [0.1, 0.15) is 12.4 Å². The third-order valence-corrected chi connectivity index (χ3v) is 5.25. The Morgan fingerprint density at radius 1 is 1.06 bits per heavy atom. The van der Waals surface area contributed by atoms with E-state index in [1.165, 1.54) is 11.1 Å². The van der Waals surface area contributed by atoms with Gasteiger partial charge in [0, 0.05) is 25.4 Å². The molecule has 2 aromatic carbocycles. The predicted molar refractivity (Wildman–Crippen MR) is 119 cm³/mol. The average molecular weight is 424 g/mol. The van der Waals surface area contributed by atoms with E-state index in [0.29, 0.717) is 18.4 Å². The van der Waals surface area contributed by atoms with Crippen molar-refractivity contribution in [3.63, 3.8) is 0 Å². The number of aliphatic imine (C=N–C) groups is 1. The summed E-state index contributed by atoms with van der Waals surface area (Å²) in [5, 5.41) is 0. The molecule has 2 heterocycles. The van der Waals surface area contributed by atoms with Gasteiger partial charge in [-0.1, -0.05) is 30.3 Å². The van der Waals surface area contributed by atoms with Crippen molar-refractivity contribution < 1.29 is 19.0 Å². The normalized spacial score (nSPS) is 16.0. The molecule has 4 rings (SSSR count). The maximum Gasteiger partial charge on any atom is 0.287 e. The quantitative estimate of drug-likeness (QED) is 0.654. The Balaban J connectivity index is 1.25. The fraction of sp³-hybridized carbons (Fsp3) is 0.375. The van der Waals surface area contributed by atoms with Gasteiger partial charge < -0.3 is 23.9 Å². The van der Waals surface area contributed by atoms with Crippen molar-refractivity contribution in [2.45, 2.75) is 26.0 Å². The molecule has 1 fully saturated rings. The molecule has 7 nitrogen and oxygen atoms in total. The number of ether oxygens (including phenoxy) is 3. The zero-order chi connectivity index (χ0) is 21.3. The predicted octanol–water partition coefficient (Wildman–Crippen LogP) is 3.66. The number of rotatable bonds is 8. The topological polar surface area (TPSA) is 64.6 Å². The van der Waals surface area contributed by atoms with Crippen LogP contribution >= 0.6 is 0 Å². The smallest absolute Gasteiger partial charge is 0.287 e. The van der Waals surface area contributed by atoms with Crippen molar-refractivity contribution in [3.05, 3.63) is 71.4 Å². The van der Waals surface area contributed by atoms with Gasteiger partial charge in [0.25, 0.3) is 6.02 Å². The lowest BCUT2D eigenvalue weighted by molar-refractivity contribution is 0.117. The van der Waals surface area contributed by atoms with Gasteiger partial charge in [-0.05, 0) is 41.7 Å². The second kappa shape index (κ2) is 10.7. The fourth-order valence-electron chi connectivity index (χ4n) is 3.52. The number of hydroxylamine groups is 1. The lowest BCUT2D eigenvalue weighted by atomic mass is 10.1. The molecule has 2 aromatic rings. The molecule has 164 valence electrons. The molecule has 7 heteroatoms. The van der Waals surface area contributed by atoms with E-state index in [1.54, 1.807) is 7.11 Å². The van der Waals surface area contributed by atoms with Crippen LogP contribution in [-0.4, -0.2) is 44.3 Å². The van der Waals surface area contributed by atoms with Gasteiger partial charge in [0.05, 0.1) is 26.9 Å². The van der Waals surface area contributed by atoms with Crippen molar-refractivity contribution in [1.82, 2.24) is 10.4 Å². The van der Waals surface area contributed by atoms with E-state index in [9.17, 15) is 0 Å². The van der Waals surface area contributed by atoms with Crippen LogP contribution in [0.25, 0.3) is 0 Å². The van der Waals surface area contributed by atoms with Crippen molar-refractivity contribution in [3.8, 4) is 11.5 Å². The minimum absolute atomic E-state index is 0.496. The molecule has 0 bridgehead atoms. The molecule has 0 saturated carbocycles. The van der Waals surface area contributed by atoms with Crippen LogP contribution in [0.1, 0.15) is 24.0 Å². The van der Waals surface area contributed by atoms with E-state index in [-0.39, 0.29) is 0 Å². The average Bonchev–Trinajstić information content (AvgIpc) is 3.27. The van der Waals surface area contributed by atoms with Gasteiger partial charge >= 0.3 is 0 Å². The maximum atomic E-state index is 5.95. The van der Waals surface area contributed by atoms with E-state index in [0.717, 1.165) is 57.0 Å². The van der Waals surface area contributed by atoms with Gasteiger partial charge in [0.15, 0.2) is 5.75 Å². The van der Waals surface area contributed by atoms with Crippen LogP contribution in [0.15, 0.2) is 65.3 Å². The number of methoxy groups -OCH3 is 1. The number of nitrogens with one attached hydrogen (secondary N) is 1. The SMILES string of the molecule is COC1=NCCN1Cc1ccc(COc2cccc(ONC=C3CCOCC3)c2)cc1. The number of nitrogens with zero attached hydrogens (tertiary/aromatic N) is 2. The molecule has 1 saturated heterocycles. The van der Waals surface area contributed by atoms with Gasteiger partial charge in [0.2, 0.25) is 0 Å². The van der Waals surface area contributed by atoms with Crippen LogP contribution in [0.3, 0.4) is 0 Å². The summed E-state index contributed by atoms with van der Waals surface area (Å²) in [7, 11) is 1.66. The largest absolute Gasteiger partial charge is 0.489 e. The first-order valence-corrected chi connectivity index (χ1v) is 10.6. The molecular formula is C24H29N3O4. The Labute approximate surface area is 183 Å². The number of hydrogen-bond acceptors (Lipinski definition) is 7. The summed E-state index contributed by atoms with van der Waals surface area (Å²) in [5.74, 6) is 1.47. The summed E-state index contributed by atoms with van der Waals surface area (Å²) in [4.78, 5) is 12.1. The Hall–Kier alpha value is -3.19. The third-order valence-electron chi connectivity index (χ3n) is 5.25. The third kappa shape index (κ3) is 6.15. The van der Waals surface area contributed by atoms with Crippen LogP contribution in [0.5, 0.6) is 11.5 Å². The highest BCUT2D eigenvalue weighted by Crippen LogP contribution is 2.21. The van der Waals surface area contributed by atoms with Crippen molar-refractivity contribution in [1.29, 1.82) is 0 Å². The lowest BCUT2D eigenvalue weighted by Crippen LogP contribution is -2.28. The van der Waals surface area contributed by atoms with Gasteiger partial charge in [-0.2, -0.15) is 0 Å². The van der Waals surface area contributed by atoms with Crippen LogP contribution < -0.4 is 15.1 Å². The van der Waals surface area contributed by atoms with Crippen molar-refractivity contribution in [2.24, 2.45) is 4.99 Å². The summed E-state index contributed by atoms with van der Waals surface area (Å²) in [6, 6.07) is 16.8. The van der Waals surface area contributed by atoms with E-state index >= 15 is 0 Å². The van der Waals surface area contributed by atoms with Gasteiger partial charge in [-0.15, -0.1) is 0 Å². The van der Waals surface area contributed by atoms with Crippen LogP contribution in [0.2, 0.25) is 0 Å². The Morgan fingerprint density at radius 2 is 1.84 bits per heavy atom. The zero-order valence-electron chi connectivity index (χ0n) is 17.9. The van der Waals surface area contributed by atoms with E-state index < -0.39 is 0 Å². The first-order chi connectivity index (χ1) is 15.3. The van der Waals surface area contributed by atoms with E-state index in [2.05, 4.69) is 39.6 Å². The summed E-state index contributed by atoms with van der Waals surface area (Å²) >= 11 is 0. The molecule has 31 heavy (non-hydrogen) atoms. The molecule has 0 atom stereocenters. The highest BCUT2D eigenvalue weighted by molar-refractivity contribution is 5.75. The molecule has 0 aromatic heterocycles. The first-order valence-electron chi connectivity index (χ1n) is 10.6. The molecule has 2 aliphatic heterocycles. The monoisotopic (exact) mass is 423 g/mol. The second-order valence-electron chi connectivity index (χ2n) is 7.50. The van der Waals surface area contributed by atoms with E-state index in [4.69, 9.17) is 19.0 Å². The van der Waals surface area contributed by atoms with Gasteiger partial charge in [-0.25, -0.2) is 10.5 Å². The van der Waals surface area contributed by atoms with E-state index in [1.807, 2.05) is 30.5 Å². The standard InChI is InChI=1S/C24H29N3O4/c1-28-24-25-11-12-27(24)17-20-5-7-21(8-6-20)18-30-22-3-2-4-23(15-22)31-26-16-19-9-13-29-14-10-19/h2-8,15-16,26H,9-14,17-18H2,1H3. The van der Waals surface area contributed by atoms with Crippen LogP contribution in [0.4, 0.5) is 0 Å². The summed E-state index contributed by atoms with van der Waals surface area (Å²) in [5.41, 5.74) is 6.55. The number of amidine groups is 1. The maximum absolute atomic E-state index is 5.95. The number of hydrogen-bond donors (Lipinski definition) is 1. The highest BCUT2D eigenvalue weighted by Gasteiger charge is 2.17. The molecule has 0 radical (unpaired) electrons. The van der Waals surface area contributed by atoms with Crippen LogP contribution in [-0.2, 0) is 22.6 Å². The Bertz CT molecular complexity index is 903. The summed E-state index contributed by atoms with van der Waals surface area (Å²) in [6.45, 7) is 4.53. The molecule has 0 spiro atoms. The fourth-order valence-corrected chi connectivity index (χ4v) is 3.52. The van der Waals surface area contributed by atoms with Crippen molar-refractivity contribution >= 4 is 6.02 Å². The molecule has 0 amide bonds. The number of benzene rings is 2. The molecular weight excluding hydrogens is 394 g/mol. The minimum Gasteiger partial charge on any atom is -0.489 e. The first kappa shape index (κ1) is 21.1. The summed E-state index contributed by atoms with van der Waals surface area (Å²) < 4.78 is 16.6. The Morgan fingerprint density at radius 3 is 2.65 bits per heavy atom. The molecule has 0 aliphatic carbocycles. The summed E-state index contributed by atoms with van der Waals surface area (Å²) in [6.07, 6.45) is 3.80. The zero-order valence-corrected chi connectivity index (χ0v) is 17.9.